The molecule has 3 aliphatic rings. The zero-order chi connectivity index (χ0) is 25.4. The predicted molar refractivity (Wildman–Crippen MR) is 138 cm³/mol. The van der Waals surface area contributed by atoms with Gasteiger partial charge in [-0.3, -0.25) is 9.69 Å². The van der Waals surface area contributed by atoms with Crippen LogP contribution in [0.1, 0.15) is 65.7 Å². The number of piperidine rings is 1. The van der Waals surface area contributed by atoms with E-state index in [1.807, 2.05) is 18.7 Å². The zero-order valence-corrected chi connectivity index (χ0v) is 22.8. The maximum absolute atomic E-state index is 13.9. The van der Waals surface area contributed by atoms with Gasteiger partial charge in [-0.2, -0.15) is 4.31 Å². The minimum absolute atomic E-state index is 0.0498. The average molecular weight is 526 g/mol. The standard InChI is InChI=1S/C26H40ClN3O4S/c1-4-21-6-5-7-23(30(21)35(33,34)22-10-8-20(27)9-11-22)26(12-13-26)18-24(32)28-14-16-29(17-15-28)25(2,3)19-31/h8-11,21,23,31H,4-7,12-19H2,1-3H3/t21-,23-/m1/s1. The second-order valence-corrected chi connectivity index (χ2v) is 13.5. The molecule has 1 aliphatic carbocycles. The summed E-state index contributed by atoms with van der Waals surface area (Å²) in [6, 6.07) is 6.24. The van der Waals surface area contributed by atoms with Gasteiger partial charge in [0.2, 0.25) is 15.9 Å². The quantitative estimate of drug-likeness (QED) is 0.559. The van der Waals surface area contributed by atoms with Crippen molar-refractivity contribution in [3.8, 4) is 0 Å². The first-order valence-corrected chi connectivity index (χ1v) is 14.8. The molecule has 1 saturated carbocycles. The first-order chi connectivity index (χ1) is 16.5. The van der Waals surface area contributed by atoms with Gasteiger partial charge < -0.3 is 10.0 Å². The fourth-order valence-electron chi connectivity index (χ4n) is 5.97. The van der Waals surface area contributed by atoms with Crippen molar-refractivity contribution in [3.63, 3.8) is 0 Å². The van der Waals surface area contributed by atoms with Gasteiger partial charge >= 0.3 is 0 Å². The second-order valence-electron chi connectivity index (χ2n) is 11.2. The molecule has 4 rings (SSSR count). The Morgan fingerprint density at radius 1 is 1.11 bits per heavy atom. The fraction of sp³-hybridized carbons (Fsp3) is 0.731. The first kappa shape index (κ1) is 26.9. The number of aliphatic hydroxyl groups excluding tert-OH is 1. The Bertz CT molecular complexity index is 1000. The molecule has 196 valence electrons. The molecule has 35 heavy (non-hydrogen) atoms. The number of halogens is 1. The Morgan fingerprint density at radius 2 is 1.74 bits per heavy atom. The lowest BCUT2D eigenvalue weighted by atomic mass is 9.83. The van der Waals surface area contributed by atoms with Crippen molar-refractivity contribution in [2.45, 2.75) is 88.2 Å². The smallest absolute Gasteiger partial charge is 0.243 e. The molecule has 0 aromatic heterocycles. The topological polar surface area (TPSA) is 81.2 Å². The predicted octanol–water partition coefficient (Wildman–Crippen LogP) is 3.75. The van der Waals surface area contributed by atoms with E-state index in [4.69, 9.17) is 11.6 Å². The molecule has 2 atom stereocenters. The van der Waals surface area contributed by atoms with Crippen molar-refractivity contribution in [1.82, 2.24) is 14.1 Å². The van der Waals surface area contributed by atoms with Gasteiger partial charge in [0.15, 0.2) is 0 Å². The van der Waals surface area contributed by atoms with E-state index in [-0.39, 0.29) is 40.4 Å². The Kier molecular flexibility index (Phi) is 7.89. The summed E-state index contributed by atoms with van der Waals surface area (Å²) < 4.78 is 29.5. The summed E-state index contributed by atoms with van der Waals surface area (Å²) in [6.45, 7) is 8.95. The summed E-state index contributed by atoms with van der Waals surface area (Å²) in [5.74, 6) is 0.131. The van der Waals surface area contributed by atoms with E-state index in [0.717, 1.165) is 51.6 Å². The summed E-state index contributed by atoms with van der Waals surface area (Å²) >= 11 is 6.02. The number of piperazine rings is 1. The number of sulfonamides is 1. The number of hydrogen-bond acceptors (Lipinski definition) is 5. The van der Waals surface area contributed by atoms with Gasteiger partial charge in [-0.05, 0) is 75.6 Å². The average Bonchev–Trinajstić information content (AvgIpc) is 3.64. The molecule has 3 fully saturated rings. The van der Waals surface area contributed by atoms with Crippen LogP contribution < -0.4 is 0 Å². The molecular weight excluding hydrogens is 486 g/mol. The van der Waals surface area contributed by atoms with Crippen molar-refractivity contribution >= 4 is 27.5 Å². The third-order valence-electron chi connectivity index (χ3n) is 8.52. The van der Waals surface area contributed by atoms with E-state index in [1.54, 1.807) is 28.6 Å². The number of carbonyl (C=O) groups is 1. The summed E-state index contributed by atoms with van der Waals surface area (Å²) in [6.07, 6.45) is 5.59. The van der Waals surface area contributed by atoms with Crippen LogP contribution in [0, 0.1) is 5.41 Å². The maximum Gasteiger partial charge on any atom is 0.243 e. The zero-order valence-electron chi connectivity index (χ0n) is 21.2. The number of aliphatic hydroxyl groups is 1. The van der Waals surface area contributed by atoms with Gasteiger partial charge in [0.05, 0.1) is 11.5 Å². The summed E-state index contributed by atoms with van der Waals surface area (Å²) in [7, 11) is -3.70. The number of hydrogen-bond donors (Lipinski definition) is 1. The van der Waals surface area contributed by atoms with Crippen LogP contribution in [0.5, 0.6) is 0 Å². The highest BCUT2D eigenvalue weighted by atomic mass is 35.5. The molecule has 1 amide bonds. The molecule has 2 heterocycles. The van der Waals surface area contributed by atoms with Gasteiger partial charge in [-0.1, -0.05) is 24.9 Å². The Morgan fingerprint density at radius 3 is 2.29 bits per heavy atom. The minimum Gasteiger partial charge on any atom is -0.394 e. The highest BCUT2D eigenvalue weighted by molar-refractivity contribution is 7.89. The molecule has 2 aliphatic heterocycles. The van der Waals surface area contributed by atoms with Gasteiger partial charge in [0.25, 0.3) is 0 Å². The summed E-state index contributed by atoms with van der Waals surface area (Å²) in [5.41, 5.74) is -0.563. The molecule has 0 radical (unpaired) electrons. The Balaban J connectivity index is 1.51. The Labute approximate surface area is 215 Å². The number of nitrogens with zero attached hydrogens (tertiary/aromatic N) is 3. The largest absolute Gasteiger partial charge is 0.394 e. The van der Waals surface area contributed by atoms with Gasteiger partial charge in [-0.25, -0.2) is 8.42 Å². The van der Waals surface area contributed by atoms with E-state index in [2.05, 4.69) is 11.8 Å². The van der Waals surface area contributed by atoms with Gasteiger partial charge in [-0.15, -0.1) is 0 Å². The van der Waals surface area contributed by atoms with Crippen LogP contribution in [0.2, 0.25) is 5.02 Å². The van der Waals surface area contributed by atoms with Crippen molar-refractivity contribution in [2.24, 2.45) is 5.41 Å². The monoisotopic (exact) mass is 525 g/mol. The van der Waals surface area contributed by atoms with E-state index >= 15 is 0 Å². The highest BCUT2D eigenvalue weighted by Gasteiger charge is 2.57. The first-order valence-electron chi connectivity index (χ1n) is 13.0. The van der Waals surface area contributed by atoms with Gasteiger partial charge in [0.1, 0.15) is 0 Å². The Hall–Kier alpha value is -1.19. The number of rotatable bonds is 8. The number of carbonyl (C=O) groups excluding carboxylic acids is 1. The summed E-state index contributed by atoms with van der Waals surface area (Å²) in [5, 5.41) is 10.2. The van der Waals surface area contributed by atoms with Crippen molar-refractivity contribution < 1.29 is 18.3 Å². The number of benzene rings is 1. The normalized spacial score (nSPS) is 26.0. The molecule has 1 N–H and O–H groups in total. The van der Waals surface area contributed by atoms with E-state index in [9.17, 15) is 18.3 Å². The lowest BCUT2D eigenvalue weighted by Crippen LogP contribution is -2.58. The van der Waals surface area contributed by atoms with Crippen molar-refractivity contribution in [1.29, 1.82) is 0 Å². The van der Waals surface area contributed by atoms with Gasteiger partial charge in [0, 0.05) is 55.2 Å². The molecular formula is C26H40ClN3O4S. The molecule has 1 aromatic carbocycles. The van der Waals surface area contributed by atoms with Crippen LogP contribution in [-0.2, 0) is 14.8 Å². The molecule has 7 nitrogen and oxygen atoms in total. The van der Waals surface area contributed by atoms with Crippen LogP contribution in [0.4, 0.5) is 0 Å². The fourth-order valence-corrected chi connectivity index (χ4v) is 8.13. The molecule has 0 spiro atoms. The molecule has 2 saturated heterocycles. The van der Waals surface area contributed by atoms with Crippen LogP contribution in [0.3, 0.4) is 0 Å². The molecule has 9 heteroatoms. The van der Waals surface area contributed by atoms with E-state index < -0.39 is 10.0 Å². The lowest BCUT2D eigenvalue weighted by molar-refractivity contribution is -0.136. The van der Waals surface area contributed by atoms with Crippen LogP contribution >= 0.6 is 11.6 Å². The molecule has 0 bridgehead atoms. The maximum atomic E-state index is 13.9. The molecule has 0 unspecified atom stereocenters. The second kappa shape index (κ2) is 10.3. The lowest BCUT2D eigenvalue weighted by Gasteiger charge is -2.46. The number of amides is 1. The molecule has 1 aromatic rings. The van der Waals surface area contributed by atoms with Crippen LogP contribution in [0.15, 0.2) is 29.2 Å². The minimum atomic E-state index is -3.70. The van der Waals surface area contributed by atoms with Crippen molar-refractivity contribution in [3.05, 3.63) is 29.3 Å². The third kappa shape index (κ3) is 5.42. The van der Waals surface area contributed by atoms with E-state index in [1.165, 1.54) is 0 Å². The third-order valence-corrected chi connectivity index (χ3v) is 10.7. The highest BCUT2D eigenvalue weighted by Crippen LogP contribution is 2.57. The van der Waals surface area contributed by atoms with Crippen LogP contribution in [-0.4, -0.2) is 83.9 Å². The van der Waals surface area contributed by atoms with Crippen LogP contribution in [0.25, 0.3) is 0 Å². The van der Waals surface area contributed by atoms with Crippen molar-refractivity contribution in [2.75, 3.05) is 32.8 Å². The SMILES string of the molecule is CC[C@@H]1CCC[C@H](C2(CC(=O)N3CCN(C(C)(C)CO)CC3)CC2)N1S(=O)(=O)c1ccc(Cl)cc1. The summed E-state index contributed by atoms with van der Waals surface area (Å²) in [4.78, 5) is 17.9. The van der Waals surface area contributed by atoms with E-state index in [0.29, 0.717) is 24.5 Å².